The van der Waals surface area contributed by atoms with E-state index < -0.39 is 9.84 Å². The minimum atomic E-state index is -3.27. The maximum Gasteiger partial charge on any atom is 0.175 e. The topological polar surface area (TPSA) is 89.7 Å². The van der Waals surface area contributed by atoms with Crippen LogP contribution < -0.4 is 14.8 Å². The molecule has 0 spiro atoms. The molecule has 180 valence electrons. The van der Waals surface area contributed by atoms with Crippen LogP contribution >= 0.6 is 0 Å². The molecule has 1 aliphatic heterocycles. The number of aromatic nitrogens is 1. The second kappa shape index (κ2) is 9.95. The molecule has 2 aromatic carbocycles. The van der Waals surface area contributed by atoms with Crippen LogP contribution in [0.3, 0.4) is 0 Å². The van der Waals surface area contributed by atoms with E-state index in [1.54, 1.807) is 19.2 Å². The third-order valence-electron chi connectivity index (χ3n) is 5.47. The average Bonchev–Trinajstić information content (AvgIpc) is 3.43. The summed E-state index contributed by atoms with van der Waals surface area (Å²) in [7, 11) is -1.63. The minimum Gasteiger partial charge on any atom is -0.488 e. The molecule has 2 N–H and O–H groups in total. The predicted octanol–water partition coefficient (Wildman–Crippen LogP) is 5.01. The summed E-state index contributed by atoms with van der Waals surface area (Å²) in [5.74, 6) is 1.75. The predicted molar refractivity (Wildman–Crippen MR) is 133 cm³/mol. The van der Waals surface area contributed by atoms with Gasteiger partial charge in [-0.1, -0.05) is 6.08 Å². The summed E-state index contributed by atoms with van der Waals surface area (Å²) < 4.78 is 40.8. The van der Waals surface area contributed by atoms with Gasteiger partial charge in [0.2, 0.25) is 0 Å². The van der Waals surface area contributed by atoms with Gasteiger partial charge in [0.25, 0.3) is 0 Å². The Morgan fingerprint density at radius 3 is 2.35 bits per heavy atom. The fraction of sp³-hybridized carbons (Fsp3) is 0.308. The zero-order valence-electron chi connectivity index (χ0n) is 19.8. The van der Waals surface area contributed by atoms with Crippen LogP contribution in [0.15, 0.2) is 65.6 Å². The van der Waals surface area contributed by atoms with Gasteiger partial charge in [-0.25, -0.2) is 8.42 Å². The first-order valence-corrected chi connectivity index (χ1v) is 13.1. The summed E-state index contributed by atoms with van der Waals surface area (Å²) in [5.41, 5.74) is 3.96. The van der Waals surface area contributed by atoms with Crippen LogP contribution in [0, 0.1) is 0 Å². The van der Waals surface area contributed by atoms with Crippen LogP contribution in [0.2, 0.25) is 0 Å². The molecule has 4 rings (SSSR count). The van der Waals surface area contributed by atoms with Crippen LogP contribution in [0.25, 0.3) is 17.0 Å². The van der Waals surface area contributed by atoms with Gasteiger partial charge < -0.3 is 24.5 Å². The number of H-pyrrole nitrogens is 1. The summed E-state index contributed by atoms with van der Waals surface area (Å²) in [6, 6.07) is 16.6. The van der Waals surface area contributed by atoms with Gasteiger partial charge in [0, 0.05) is 36.7 Å². The number of benzene rings is 2. The Labute approximate surface area is 200 Å². The van der Waals surface area contributed by atoms with E-state index >= 15 is 0 Å². The fourth-order valence-electron chi connectivity index (χ4n) is 3.83. The monoisotopic (exact) mass is 482 g/mol. The van der Waals surface area contributed by atoms with Crippen molar-refractivity contribution in [3.05, 3.63) is 66.4 Å². The third kappa shape index (κ3) is 5.81. The number of aromatic amines is 1. The molecule has 0 unspecified atom stereocenters. The van der Waals surface area contributed by atoms with Crippen molar-refractivity contribution in [1.82, 2.24) is 10.3 Å². The second-order valence-electron chi connectivity index (χ2n) is 8.61. The number of sulfone groups is 1. The first-order chi connectivity index (χ1) is 16.2. The van der Waals surface area contributed by atoms with Crippen molar-refractivity contribution in [2.24, 2.45) is 0 Å². The summed E-state index contributed by atoms with van der Waals surface area (Å²) in [4.78, 5) is 3.72. The molecule has 1 aromatic heterocycles. The highest BCUT2D eigenvalue weighted by Gasteiger charge is 2.16. The normalized spacial score (nSPS) is 16.6. The van der Waals surface area contributed by atoms with E-state index in [9.17, 15) is 8.42 Å². The maximum absolute atomic E-state index is 11.7. The Hall–Kier alpha value is -3.23. The smallest absolute Gasteiger partial charge is 0.175 e. The van der Waals surface area contributed by atoms with Crippen molar-refractivity contribution < 1.29 is 22.6 Å². The molecular weight excluding hydrogens is 452 g/mol. The van der Waals surface area contributed by atoms with Crippen LogP contribution in [-0.2, 0) is 14.6 Å². The molecule has 8 heteroatoms. The largest absolute Gasteiger partial charge is 0.488 e. The fourth-order valence-corrected chi connectivity index (χ4v) is 4.46. The number of rotatable bonds is 9. The number of hydrogen-bond donors (Lipinski definition) is 2. The van der Waals surface area contributed by atoms with E-state index in [0.717, 1.165) is 29.1 Å². The highest BCUT2D eigenvalue weighted by molar-refractivity contribution is 7.90. The molecule has 0 bridgehead atoms. The van der Waals surface area contributed by atoms with Gasteiger partial charge in [-0.15, -0.1) is 0 Å². The molecule has 0 radical (unpaired) electrons. The lowest BCUT2D eigenvalue weighted by molar-refractivity contribution is 0.0920. The van der Waals surface area contributed by atoms with Gasteiger partial charge in [-0.2, -0.15) is 0 Å². The first-order valence-electron chi connectivity index (χ1n) is 11.2. The van der Waals surface area contributed by atoms with Crippen LogP contribution in [0.5, 0.6) is 17.2 Å². The molecular formula is C26H30N2O5S. The summed E-state index contributed by atoms with van der Waals surface area (Å²) >= 11 is 0. The van der Waals surface area contributed by atoms with Gasteiger partial charge >= 0.3 is 0 Å². The first kappa shape index (κ1) is 23.9. The minimum absolute atomic E-state index is 0.143. The van der Waals surface area contributed by atoms with Crippen LogP contribution in [-0.4, -0.2) is 45.5 Å². The number of ether oxygens (including phenoxy) is 3. The third-order valence-corrected chi connectivity index (χ3v) is 6.60. The molecule has 0 saturated carbocycles. The number of nitrogens with one attached hydrogen (secondary N) is 2. The molecule has 2 atom stereocenters. The molecule has 0 amide bonds. The van der Waals surface area contributed by atoms with E-state index in [1.165, 1.54) is 18.4 Å². The molecule has 34 heavy (non-hydrogen) atoms. The molecule has 7 nitrogen and oxygen atoms in total. The van der Waals surface area contributed by atoms with Crippen LogP contribution in [0.1, 0.15) is 26.0 Å². The number of methoxy groups -OCH3 is 1. The van der Waals surface area contributed by atoms with E-state index in [2.05, 4.69) is 29.4 Å². The Bertz CT molecular complexity index is 1280. The lowest BCUT2D eigenvalue weighted by Crippen LogP contribution is -2.18. The number of hydrogen-bond acceptors (Lipinski definition) is 6. The lowest BCUT2D eigenvalue weighted by Gasteiger charge is -2.16. The van der Waals surface area contributed by atoms with Crippen molar-refractivity contribution in [3.63, 3.8) is 0 Å². The Balaban J connectivity index is 1.64. The molecule has 1 aliphatic rings. The van der Waals surface area contributed by atoms with E-state index in [0.29, 0.717) is 29.9 Å². The lowest BCUT2D eigenvalue weighted by atomic mass is 10.1. The summed E-state index contributed by atoms with van der Waals surface area (Å²) in [5, 5.41) is 3.47. The zero-order chi connectivity index (χ0) is 24.3. The van der Waals surface area contributed by atoms with Crippen molar-refractivity contribution in [1.29, 1.82) is 0 Å². The van der Waals surface area contributed by atoms with Crippen molar-refractivity contribution in [3.8, 4) is 28.5 Å². The van der Waals surface area contributed by atoms with E-state index in [-0.39, 0.29) is 11.0 Å². The highest BCUT2D eigenvalue weighted by Crippen LogP contribution is 2.34. The molecule has 0 saturated heterocycles. The zero-order valence-corrected chi connectivity index (χ0v) is 20.6. The Morgan fingerprint density at radius 1 is 1.00 bits per heavy atom. The van der Waals surface area contributed by atoms with Gasteiger partial charge in [-0.3, -0.25) is 0 Å². The maximum atomic E-state index is 11.7. The van der Waals surface area contributed by atoms with E-state index in [1.807, 2.05) is 31.2 Å². The van der Waals surface area contributed by atoms with Crippen molar-refractivity contribution in [2.45, 2.75) is 37.3 Å². The highest BCUT2D eigenvalue weighted by atomic mass is 32.2. The molecule has 0 aliphatic carbocycles. The summed E-state index contributed by atoms with van der Waals surface area (Å²) in [6.45, 7) is 4.55. The van der Waals surface area contributed by atoms with Gasteiger partial charge in [0.15, 0.2) is 9.84 Å². The molecule has 0 fully saturated rings. The van der Waals surface area contributed by atoms with Gasteiger partial charge in [0.05, 0.1) is 22.9 Å². The second-order valence-corrected chi connectivity index (χ2v) is 10.6. The Morgan fingerprint density at radius 2 is 1.71 bits per heavy atom. The van der Waals surface area contributed by atoms with Crippen molar-refractivity contribution in [2.75, 3.05) is 20.0 Å². The molecule has 2 heterocycles. The average molecular weight is 483 g/mol. The van der Waals surface area contributed by atoms with Crippen molar-refractivity contribution >= 4 is 15.5 Å². The van der Waals surface area contributed by atoms with Crippen LogP contribution in [0.4, 0.5) is 0 Å². The quantitative estimate of drug-likeness (QED) is 0.445. The SMILES string of the molecule is COC[C@H](C)Oc1cc(Oc2ccc(S(C)(=O)=O)cc2)cc(-c2ccc(C3=CC[C@@H](C)N3)[nH]2)c1. The standard InChI is InChI=1S/C26H30N2O5S/c1-17-5-10-25(27-17)26-12-11-24(28-26)19-13-21(32-18(2)16-31-3)15-22(14-19)33-20-6-8-23(9-7-20)34(4,29)30/h6-15,17-18,27-28H,5,16H2,1-4H3/t17-,18+/m1/s1. The summed E-state index contributed by atoms with van der Waals surface area (Å²) in [6.07, 6.45) is 4.23. The molecule has 3 aromatic rings. The van der Waals surface area contributed by atoms with Gasteiger partial charge in [0.1, 0.15) is 23.4 Å². The van der Waals surface area contributed by atoms with E-state index in [4.69, 9.17) is 14.2 Å². The van der Waals surface area contributed by atoms with Gasteiger partial charge in [-0.05, 0) is 68.8 Å². The Kier molecular flexibility index (Phi) is 7.00.